The summed E-state index contributed by atoms with van der Waals surface area (Å²) < 4.78 is 32.4. The van der Waals surface area contributed by atoms with Gasteiger partial charge in [0.1, 0.15) is 29.9 Å². The van der Waals surface area contributed by atoms with Crippen LogP contribution >= 0.6 is 11.6 Å². The molecule has 0 spiro atoms. The van der Waals surface area contributed by atoms with Crippen LogP contribution in [0.15, 0.2) is 42.5 Å². The molecule has 0 bridgehead atoms. The number of hydrogen-bond donors (Lipinski definition) is 0. The molecule has 0 aromatic heterocycles. The van der Waals surface area contributed by atoms with E-state index in [9.17, 15) is 18.4 Å². The lowest BCUT2D eigenvalue weighted by Gasteiger charge is -2.21. The maximum absolute atomic E-state index is 13.4. The van der Waals surface area contributed by atoms with Crippen molar-refractivity contribution in [2.24, 2.45) is 5.92 Å². The van der Waals surface area contributed by atoms with Crippen LogP contribution in [0.3, 0.4) is 0 Å². The van der Waals surface area contributed by atoms with Gasteiger partial charge in [0, 0.05) is 30.4 Å². The molecule has 8 heteroatoms. The number of likely N-dealkylation sites (N-methyl/N-ethyl adjacent to an activating group) is 1. The highest BCUT2D eigenvalue weighted by Gasteiger charge is 2.39. The van der Waals surface area contributed by atoms with E-state index in [4.69, 9.17) is 16.3 Å². The average molecular weight is 409 g/mol. The van der Waals surface area contributed by atoms with E-state index in [1.54, 1.807) is 31.3 Å². The summed E-state index contributed by atoms with van der Waals surface area (Å²) in [7, 11) is 1.58. The summed E-state index contributed by atoms with van der Waals surface area (Å²) in [6.45, 7) is 0.747. The van der Waals surface area contributed by atoms with Gasteiger partial charge >= 0.3 is 0 Å². The molecule has 0 saturated carbocycles. The summed E-state index contributed by atoms with van der Waals surface area (Å²) in [6.07, 6.45) is 0.287. The van der Waals surface area contributed by atoms with Crippen molar-refractivity contribution in [2.45, 2.75) is 6.42 Å². The van der Waals surface area contributed by atoms with Crippen molar-refractivity contribution in [3.05, 3.63) is 59.1 Å². The minimum atomic E-state index is -0.873. The maximum atomic E-state index is 13.4. The van der Waals surface area contributed by atoms with Crippen LogP contribution in [0.4, 0.5) is 14.5 Å². The van der Waals surface area contributed by atoms with Crippen molar-refractivity contribution in [1.29, 1.82) is 0 Å². The van der Waals surface area contributed by atoms with Gasteiger partial charge in [-0.3, -0.25) is 9.59 Å². The van der Waals surface area contributed by atoms with E-state index in [2.05, 4.69) is 0 Å². The quantitative estimate of drug-likeness (QED) is 0.687. The molecule has 1 fully saturated rings. The lowest BCUT2D eigenvalue weighted by Crippen LogP contribution is -2.39. The second-order valence-corrected chi connectivity index (χ2v) is 6.96. The largest absolute Gasteiger partial charge is 0.492 e. The zero-order valence-corrected chi connectivity index (χ0v) is 16.0. The first-order valence-electron chi connectivity index (χ1n) is 8.76. The number of nitrogens with zero attached hydrogens (tertiary/aromatic N) is 2. The predicted octanol–water partition coefficient (Wildman–Crippen LogP) is 3.51. The third-order valence-electron chi connectivity index (χ3n) is 4.53. The van der Waals surface area contributed by atoms with Gasteiger partial charge < -0.3 is 14.5 Å². The van der Waals surface area contributed by atoms with E-state index in [-0.39, 0.29) is 37.7 Å². The van der Waals surface area contributed by atoms with Gasteiger partial charge in [0.25, 0.3) is 0 Å². The van der Waals surface area contributed by atoms with Gasteiger partial charge in [-0.25, -0.2) is 8.78 Å². The van der Waals surface area contributed by atoms with E-state index in [1.807, 2.05) is 0 Å². The van der Waals surface area contributed by atoms with E-state index in [1.165, 1.54) is 9.80 Å². The maximum Gasteiger partial charge on any atom is 0.239 e. The van der Waals surface area contributed by atoms with Crippen molar-refractivity contribution in [2.75, 3.05) is 31.6 Å². The molecule has 0 radical (unpaired) electrons. The molecule has 1 aliphatic heterocycles. The van der Waals surface area contributed by atoms with Crippen LogP contribution in [0.2, 0.25) is 5.02 Å². The fourth-order valence-electron chi connectivity index (χ4n) is 3.09. The molecular weight excluding hydrogens is 390 g/mol. The van der Waals surface area contributed by atoms with Gasteiger partial charge in [-0.2, -0.15) is 0 Å². The van der Waals surface area contributed by atoms with E-state index < -0.39 is 23.5 Å². The molecule has 0 N–H and O–H groups in total. The molecule has 1 unspecified atom stereocenters. The van der Waals surface area contributed by atoms with Crippen LogP contribution < -0.4 is 9.64 Å². The van der Waals surface area contributed by atoms with Crippen molar-refractivity contribution in [3.8, 4) is 5.75 Å². The number of carbonyl (C=O) groups is 2. The van der Waals surface area contributed by atoms with Crippen molar-refractivity contribution in [3.63, 3.8) is 0 Å². The standard InChI is InChI=1S/C20H19ClF2N2O3/c1-24(7-8-28-17-4-2-3-13(21)9-17)19(26)18-5-6-25(20(18)27)16-11-14(22)10-15(23)12-16/h2-4,9-12,18H,5-8H2,1H3. The molecular formula is C20H19ClF2N2O3. The van der Waals surface area contributed by atoms with Crippen LogP contribution in [-0.2, 0) is 9.59 Å². The van der Waals surface area contributed by atoms with Crippen molar-refractivity contribution >= 4 is 29.1 Å². The van der Waals surface area contributed by atoms with Gasteiger partial charge in [-0.05, 0) is 36.8 Å². The third kappa shape index (κ3) is 4.59. The van der Waals surface area contributed by atoms with Crippen molar-refractivity contribution < 1.29 is 23.1 Å². The van der Waals surface area contributed by atoms with E-state index in [0.717, 1.165) is 18.2 Å². The summed E-state index contributed by atoms with van der Waals surface area (Å²) in [5.41, 5.74) is 0.116. The molecule has 3 rings (SSSR count). The SMILES string of the molecule is CN(CCOc1cccc(Cl)c1)C(=O)C1CCN(c2cc(F)cc(F)c2)C1=O. The van der Waals surface area contributed by atoms with E-state index >= 15 is 0 Å². The first-order valence-corrected chi connectivity index (χ1v) is 9.14. The Kier molecular flexibility index (Phi) is 6.14. The van der Waals surface area contributed by atoms with Crippen molar-refractivity contribution in [1.82, 2.24) is 4.90 Å². The number of rotatable bonds is 6. The Morgan fingerprint density at radius 1 is 1.25 bits per heavy atom. The summed E-state index contributed by atoms with van der Waals surface area (Å²) in [6, 6.07) is 9.80. The molecule has 2 aromatic rings. The molecule has 5 nitrogen and oxygen atoms in total. The summed E-state index contributed by atoms with van der Waals surface area (Å²) >= 11 is 5.89. The summed E-state index contributed by atoms with van der Waals surface area (Å²) in [5.74, 6) is -2.63. The van der Waals surface area contributed by atoms with Gasteiger partial charge in [0.05, 0.1) is 6.54 Å². The lowest BCUT2D eigenvalue weighted by molar-refractivity contribution is -0.139. The Labute approximate surface area is 166 Å². The summed E-state index contributed by atoms with van der Waals surface area (Å²) in [4.78, 5) is 27.9. The zero-order valence-electron chi connectivity index (χ0n) is 15.2. The van der Waals surface area contributed by atoms with Gasteiger partial charge in [0.2, 0.25) is 11.8 Å². The minimum Gasteiger partial charge on any atom is -0.492 e. The zero-order chi connectivity index (χ0) is 20.3. The normalized spacial score (nSPS) is 16.4. The number of benzene rings is 2. The Hall–Kier alpha value is -2.67. The molecule has 2 aromatic carbocycles. The molecule has 1 saturated heterocycles. The topological polar surface area (TPSA) is 49.9 Å². The minimum absolute atomic E-state index is 0.116. The molecule has 28 heavy (non-hydrogen) atoms. The number of anilines is 1. The number of amides is 2. The highest BCUT2D eigenvalue weighted by Crippen LogP contribution is 2.27. The Balaban J connectivity index is 1.57. The molecule has 1 atom stereocenters. The Bertz CT molecular complexity index is 873. The monoisotopic (exact) mass is 408 g/mol. The van der Waals surface area contributed by atoms with Gasteiger partial charge in [-0.15, -0.1) is 0 Å². The average Bonchev–Trinajstić information content (AvgIpc) is 3.01. The Morgan fingerprint density at radius 2 is 1.96 bits per heavy atom. The number of halogens is 3. The molecule has 2 amide bonds. The highest BCUT2D eigenvalue weighted by atomic mass is 35.5. The fourth-order valence-corrected chi connectivity index (χ4v) is 3.27. The highest BCUT2D eigenvalue weighted by molar-refractivity contribution is 6.30. The first kappa shape index (κ1) is 20.1. The number of carbonyl (C=O) groups excluding carboxylic acids is 2. The Morgan fingerprint density at radius 3 is 2.64 bits per heavy atom. The fraction of sp³-hybridized carbons (Fsp3) is 0.300. The second-order valence-electron chi connectivity index (χ2n) is 6.52. The predicted molar refractivity (Wildman–Crippen MR) is 101 cm³/mol. The molecule has 0 aliphatic carbocycles. The van der Waals surface area contributed by atoms with Crippen LogP contribution in [0, 0.1) is 17.6 Å². The van der Waals surface area contributed by atoms with Crippen LogP contribution in [0.5, 0.6) is 5.75 Å². The molecule has 1 heterocycles. The second kappa shape index (κ2) is 8.56. The molecule has 1 aliphatic rings. The lowest BCUT2D eigenvalue weighted by atomic mass is 10.1. The molecule has 148 valence electrons. The van der Waals surface area contributed by atoms with E-state index in [0.29, 0.717) is 10.8 Å². The van der Waals surface area contributed by atoms with Gasteiger partial charge in [0.15, 0.2) is 0 Å². The summed E-state index contributed by atoms with van der Waals surface area (Å²) in [5, 5.41) is 0.548. The smallest absolute Gasteiger partial charge is 0.239 e. The number of hydrogen-bond acceptors (Lipinski definition) is 3. The third-order valence-corrected chi connectivity index (χ3v) is 4.77. The number of ether oxygens (including phenoxy) is 1. The first-order chi connectivity index (χ1) is 13.3. The van der Waals surface area contributed by atoms with Gasteiger partial charge in [-0.1, -0.05) is 17.7 Å². The van der Waals surface area contributed by atoms with Crippen LogP contribution in [0.25, 0.3) is 0 Å². The van der Waals surface area contributed by atoms with Crippen LogP contribution in [0.1, 0.15) is 6.42 Å². The van der Waals surface area contributed by atoms with Crippen LogP contribution in [-0.4, -0.2) is 43.5 Å².